The number of pyridine rings is 1. The van der Waals surface area contributed by atoms with Gasteiger partial charge in [-0.05, 0) is 45.2 Å². The second-order valence-corrected chi connectivity index (χ2v) is 4.93. The number of hydrogen-bond acceptors (Lipinski definition) is 3. The normalized spacial score (nSPS) is 15.4. The fraction of sp³-hybridized carbons (Fsp3) is 0.600. The second-order valence-electron chi connectivity index (χ2n) is 4.93. The van der Waals surface area contributed by atoms with Crippen LogP contribution < -0.4 is 4.90 Å². The number of aromatic nitrogens is 1. The topological polar surface area (TPSA) is 36.4 Å². The summed E-state index contributed by atoms with van der Waals surface area (Å²) in [7, 11) is 0. The first-order valence-corrected chi connectivity index (χ1v) is 7.26. The third-order valence-electron chi connectivity index (χ3n) is 3.74. The lowest BCUT2D eigenvalue weighted by Crippen LogP contribution is -2.32. The van der Waals surface area contributed by atoms with Crippen LogP contribution in [0.3, 0.4) is 0 Å². The molecule has 1 aromatic heterocycles. The molecule has 0 atom stereocenters. The maximum absolute atomic E-state index is 12.1. The van der Waals surface area contributed by atoms with Crippen molar-refractivity contribution in [1.82, 2.24) is 9.88 Å². The van der Waals surface area contributed by atoms with Crippen LogP contribution >= 0.6 is 0 Å². The largest absolute Gasteiger partial charge is 0.370 e. The highest BCUT2D eigenvalue weighted by molar-refractivity contribution is 5.92. The van der Waals surface area contributed by atoms with E-state index in [4.69, 9.17) is 0 Å². The van der Waals surface area contributed by atoms with Gasteiger partial charge in [-0.2, -0.15) is 0 Å². The molecule has 1 aromatic rings. The lowest BCUT2D eigenvalue weighted by Gasteiger charge is -2.28. The highest BCUT2D eigenvalue weighted by atomic mass is 16.2. The summed E-state index contributed by atoms with van der Waals surface area (Å²) < 4.78 is 0. The fourth-order valence-corrected chi connectivity index (χ4v) is 2.52. The van der Waals surface area contributed by atoms with Gasteiger partial charge in [0.15, 0.2) is 0 Å². The summed E-state index contributed by atoms with van der Waals surface area (Å²) in [6.07, 6.45) is 5.66. The van der Waals surface area contributed by atoms with Crippen LogP contribution in [0, 0.1) is 0 Å². The Hall–Kier alpha value is -1.58. The summed E-state index contributed by atoms with van der Waals surface area (Å²) in [6.45, 7) is 7.64. The molecule has 0 N–H and O–H groups in total. The molecule has 2 heterocycles. The van der Waals surface area contributed by atoms with Crippen molar-refractivity contribution in [3.8, 4) is 0 Å². The molecule has 0 aromatic carbocycles. The average Bonchev–Trinajstić information content (AvgIpc) is 2.49. The zero-order valence-corrected chi connectivity index (χ0v) is 11.9. The Labute approximate surface area is 115 Å². The van der Waals surface area contributed by atoms with E-state index >= 15 is 0 Å². The molecule has 0 radical (unpaired) electrons. The minimum absolute atomic E-state index is 0.0233. The molecule has 1 aliphatic heterocycles. The van der Waals surface area contributed by atoms with Gasteiger partial charge in [0, 0.05) is 26.2 Å². The molecule has 0 bridgehead atoms. The Morgan fingerprint density at radius 3 is 2.42 bits per heavy atom. The van der Waals surface area contributed by atoms with Gasteiger partial charge in [-0.25, -0.2) is 4.98 Å². The molecule has 4 heteroatoms. The Balaban J connectivity index is 2.07. The van der Waals surface area contributed by atoms with Crippen LogP contribution in [0.4, 0.5) is 5.69 Å². The van der Waals surface area contributed by atoms with Gasteiger partial charge in [0.2, 0.25) is 0 Å². The van der Waals surface area contributed by atoms with Gasteiger partial charge in [-0.15, -0.1) is 0 Å². The molecular weight excluding hydrogens is 238 g/mol. The van der Waals surface area contributed by atoms with E-state index in [-0.39, 0.29) is 5.91 Å². The van der Waals surface area contributed by atoms with E-state index in [1.807, 2.05) is 32.2 Å². The van der Waals surface area contributed by atoms with Gasteiger partial charge in [0.05, 0.1) is 11.9 Å². The maximum Gasteiger partial charge on any atom is 0.272 e. The maximum atomic E-state index is 12.1. The smallest absolute Gasteiger partial charge is 0.272 e. The van der Waals surface area contributed by atoms with Gasteiger partial charge in [0.1, 0.15) is 5.69 Å². The zero-order valence-electron chi connectivity index (χ0n) is 11.9. The molecule has 1 fully saturated rings. The van der Waals surface area contributed by atoms with Crippen LogP contribution in [0.2, 0.25) is 0 Å². The lowest BCUT2D eigenvalue weighted by atomic mass is 10.1. The molecule has 0 aliphatic carbocycles. The highest BCUT2D eigenvalue weighted by Gasteiger charge is 2.15. The van der Waals surface area contributed by atoms with Crippen molar-refractivity contribution >= 4 is 11.6 Å². The Bertz CT molecular complexity index is 406. The van der Waals surface area contributed by atoms with Gasteiger partial charge in [-0.3, -0.25) is 4.79 Å². The summed E-state index contributed by atoms with van der Waals surface area (Å²) in [5.41, 5.74) is 1.68. The monoisotopic (exact) mass is 261 g/mol. The van der Waals surface area contributed by atoms with Crippen molar-refractivity contribution in [3.63, 3.8) is 0 Å². The van der Waals surface area contributed by atoms with Crippen molar-refractivity contribution < 1.29 is 4.79 Å². The third kappa shape index (κ3) is 3.25. The van der Waals surface area contributed by atoms with Crippen LogP contribution in [-0.4, -0.2) is 42.0 Å². The van der Waals surface area contributed by atoms with E-state index < -0.39 is 0 Å². The number of amides is 1. The van der Waals surface area contributed by atoms with E-state index in [1.54, 1.807) is 4.90 Å². The first kappa shape index (κ1) is 13.8. The van der Waals surface area contributed by atoms with Crippen LogP contribution in [-0.2, 0) is 0 Å². The number of hydrogen-bond donors (Lipinski definition) is 0. The minimum atomic E-state index is 0.0233. The molecule has 104 valence electrons. The van der Waals surface area contributed by atoms with Gasteiger partial charge >= 0.3 is 0 Å². The Morgan fingerprint density at radius 2 is 1.89 bits per heavy atom. The molecule has 1 aliphatic rings. The fourth-order valence-electron chi connectivity index (χ4n) is 2.52. The summed E-state index contributed by atoms with van der Waals surface area (Å²) in [4.78, 5) is 20.6. The number of rotatable bonds is 4. The molecule has 19 heavy (non-hydrogen) atoms. The van der Waals surface area contributed by atoms with Crippen molar-refractivity contribution in [1.29, 1.82) is 0 Å². The molecule has 1 amide bonds. The predicted molar refractivity (Wildman–Crippen MR) is 77.6 cm³/mol. The third-order valence-corrected chi connectivity index (χ3v) is 3.74. The first-order chi connectivity index (χ1) is 9.26. The number of carbonyl (C=O) groups is 1. The summed E-state index contributed by atoms with van der Waals surface area (Å²) in [6, 6.07) is 3.87. The van der Waals surface area contributed by atoms with Crippen LogP contribution in [0.5, 0.6) is 0 Å². The molecule has 0 unspecified atom stereocenters. The number of carbonyl (C=O) groups excluding carboxylic acids is 1. The molecule has 2 rings (SSSR count). The van der Waals surface area contributed by atoms with Crippen LogP contribution in [0.1, 0.15) is 43.6 Å². The summed E-state index contributed by atoms with van der Waals surface area (Å²) in [5.74, 6) is 0.0233. The molecular formula is C15H23N3O. The van der Waals surface area contributed by atoms with Crippen LogP contribution in [0.15, 0.2) is 18.3 Å². The zero-order chi connectivity index (χ0) is 13.7. The Kier molecular flexibility index (Phi) is 4.77. The highest BCUT2D eigenvalue weighted by Crippen LogP contribution is 2.19. The van der Waals surface area contributed by atoms with Crippen molar-refractivity contribution in [3.05, 3.63) is 24.0 Å². The summed E-state index contributed by atoms with van der Waals surface area (Å²) in [5, 5.41) is 0. The standard InChI is InChI=1S/C15H23N3O/c1-3-17(4-2)15(19)14-9-8-13(12-16-14)18-10-6-5-7-11-18/h8-9,12H,3-7,10-11H2,1-2H3. The van der Waals surface area contributed by atoms with E-state index in [0.717, 1.165) is 31.9 Å². The molecule has 4 nitrogen and oxygen atoms in total. The number of anilines is 1. The van der Waals surface area contributed by atoms with E-state index in [0.29, 0.717) is 5.69 Å². The van der Waals surface area contributed by atoms with Crippen LogP contribution in [0.25, 0.3) is 0 Å². The first-order valence-electron chi connectivity index (χ1n) is 7.26. The average molecular weight is 261 g/mol. The van der Waals surface area contributed by atoms with E-state index in [9.17, 15) is 4.79 Å². The van der Waals surface area contributed by atoms with E-state index in [1.165, 1.54) is 19.3 Å². The van der Waals surface area contributed by atoms with Gasteiger partial charge < -0.3 is 9.80 Å². The van der Waals surface area contributed by atoms with Gasteiger partial charge in [-0.1, -0.05) is 0 Å². The quantitative estimate of drug-likeness (QED) is 0.835. The minimum Gasteiger partial charge on any atom is -0.370 e. The van der Waals surface area contributed by atoms with Gasteiger partial charge in [0.25, 0.3) is 5.91 Å². The van der Waals surface area contributed by atoms with Crippen molar-refractivity contribution in [2.75, 3.05) is 31.1 Å². The molecule has 0 saturated carbocycles. The molecule has 1 saturated heterocycles. The van der Waals surface area contributed by atoms with Crippen molar-refractivity contribution in [2.24, 2.45) is 0 Å². The second kappa shape index (κ2) is 6.55. The summed E-state index contributed by atoms with van der Waals surface area (Å²) >= 11 is 0. The Morgan fingerprint density at radius 1 is 1.21 bits per heavy atom. The van der Waals surface area contributed by atoms with Crippen molar-refractivity contribution in [2.45, 2.75) is 33.1 Å². The lowest BCUT2D eigenvalue weighted by molar-refractivity contribution is 0.0767. The number of piperidine rings is 1. The SMILES string of the molecule is CCN(CC)C(=O)c1ccc(N2CCCCC2)cn1. The molecule has 0 spiro atoms. The number of nitrogens with zero attached hydrogens (tertiary/aromatic N) is 3. The van der Waals surface area contributed by atoms with E-state index in [2.05, 4.69) is 9.88 Å². The predicted octanol–water partition coefficient (Wildman–Crippen LogP) is 2.55.